The molecule has 23 heavy (non-hydrogen) atoms. The third kappa shape index (κ3) is 4.91. The second-order valence-electron chi connectivity index (χ2n) is 4.41. The Balaban J connectivity index is 1.87. The lowest BCUT2D eigenvalue weighted by Gasteiger charge is -2.11. The zero-order valence-electron chi connectivity index (χ0n) is 12.0. The van der Waals surface area contributed by atoms with Gasteiger partial charge in [0.2, 0.25) is 0 Å². The van der Waals surface area contributed by atoms with Gasteiger partial charge in [-0.3, -0.25) is 4.79 Å². The second-order valence-corrected chi connectivity index (χ2v) is 4.41. The number of nitrogens with one attached hydrogen (secondary N) is 1. The van der Waals surface area contributed by atoms with Crippen molar-refractivity contribution in [3.05, 3.63) is 59.9 Å². The standard InChI is InChI=1S/C16H14F3NO3/c17-12-6-2-4-8-14(12)22-10-9-20-15(21)11-5-1-3-7-13(11)23-16(18)19/h1-8,16H,9-10H2,(H,20,21). The number of amides is 1. The highest BCUT2D eigenvalue weighted by molar-refractivity contribution is 5.96. The molecular formula is C16H14F3NO3. The van der Waals surface area contributed by atoms with E-state index < -0.39 is 18.3 Å². The number of rotatable bonds is 7. The predicted molar refractivity (Wildman–Crippen MR) is 77.3 cm³/mol. The van der Waals surface area contributed by atoms with Gasteiger partial charge >= 0.3 is 6.61 Å². The van der Waals surface area contributed by atoms with E-state index in [1.54, 1.807) is 6.07 Å². The molecule has 0 spiro atoms. The highest BCUT2D eigenvalue weighted by Gasteiger charge is 2.14. The Bertz CT molecular complexity index is 665. The van der Waals surface area contributed by atoms with E-state index in [9.17, 15) is 18.0 Å². The summed E-state index contributed by atoms with van der Waals surface area (Å²) in [5.74, 6) is -1.23. The highest BCUT2D eigenvalue weighted by atomic mass is 19.3. The summed E-state index contributed by atoms with van der Waals surface area (Å²) in [5, 5.41) is 2.49. The molecule has 2 rings (SSSR count). The van der Waals surface area contributed by atoms with Gasteiger partial charge in [0.05, 0.1) is 12.1 Å². The zero-order valence-corrected chi connectivity index (χ0v) is 12.0. The van der Waals surface area contributed by atoms with Crippen molar-refractivity contribution in [2.45, 2.75) is 6.61 Å². The number of hydrogen-bond acceptors (Lipinski definition) is 3. The normalized spacial score (nSPS) is 10.4. The smallest absolute Gasteiger partial charge is 0.387 e. The maximum absolute atomic E-state index is 13.3. The molecule has 0 aliphatic rings. The molecule has 0 fully saturated rings. The molecule has 0 saturated heterocycles. The number of para-hydroxylation sites is 2. The molecule has 0 aromatic heterocycles. The Labute approximate surface area is 130 Å². The molecule has 0 heterocycles. The van der Waals surface area contributed by atoms with Gasteiger partial charge in [-0.25, -0.2) is 4.39 Å². The third-order valence-electron chi connectivity index (χ3n) is 2.83. The summed E-state index contributed by atoms with van der Waals surface area (Å²) < 4.78 is 47.3. The fourth-order valence-corrected chi connectivity index (χ4v) is 1.84. The van der Waals surface area contributed by atoms with E-state index in [2.05, 4.69) is 10.1 Å². The summed E-state index contributed by atoms with van der Waals surface area (Å²) in [7, 11) is 0. The largest absolute Gasteiger partial charge is 0.489 e. The molecule has 2 aromatic rings. The fraction of sp³-hybridized carbons (Fsp3) is 0.188. The van der Waals surface area contributed by atoms with Gasteiger partial charge in [0.25, 0.3) is 5.91 Å². The van der Waals surface area contributed by atoms with Gasteiger partial charge in [0.15, 0.2) is 11.6 Å². The lowest BCUT2D eigenvalue weighted by Crippen LogP contribution is -2.28. The van der Waals surface area contributed by atoms with Crippen molar-refractivity contribution in [2.75, 3.05) is 13.2 Å². The minimum absolute atomic E-state index is 0.0151. The van der Waals surface area contributed by atoms with E-state index in [-0.39, 0.29) is 30.2 Å². The van der Waals surface area contributed by atoms with Crippen LogP contribution in [-0.4, -0.2) is 25.7 Å². The summed E-state index contributed by atoms with van der Waals surface area (Å²) in [5.41, 5.74) is -0.0151. The van der Waals surface area contributed by atoms with Crippen LogP contribution in [0.1, 0.15) is 10.4 Å². The molecule has 0 atom stereocenters. The molecule has 2 aromatic carbocycles. The molecular weight excluding hydrogens is 311 g/mol. The van der Waals surface area contributed by atoms with Crippen LogP contribution in [0.25, 0.3) is 0 Å². The van der Waals surface area contributed by atoms with Crippen molar-refractivity contribution in [3.8, 4) is 11.5 Å². The number of hydrogen-bond donors (Lipinski definition) is 1. The van der Waals surface area contributed by atoms with Crippen LogP contribution in [0.4, 0.5) is 13.2 Å². The van der Waals surface area contributed by atoms with Crippen molar-refractivity contribution in [1.82, 2.24) is 5.32 Å². The Morgan fingerprint density at radius 2 is 1.70 bits per heavy atom. The highest BCUT2D eigenvalue weighted by Crippen LogP contribution is 2.20. The quantitative estimate of drug-likeness (QED) is 0.795. The number of benzene rings is 2. The Hall–Kier alpha value is -2.70. The fourth-order valence-electron chi connectivity index (χ4n) is 1.84. The van der Waals surface area contributed by atoms with E-state index in [4.69, 9.17) is 4.74 Å². The summed E-state index contributed by atoms with van der Waals surface area (Å²) in [6.45, 7) is -2.91. The summed E-state index contributed by atoms with van der Waals surface area (Å²) in [6, 6.07) is 11.5. The number of halogens is 3. The molecule has 122 valence electrons. The average molecular weight is 325 g/mol. The van der Waals surface area contributed by atoms with Crippen LogP contribution in [0.15, 0.2) is 48.5 Å². The zero-order chi connectivity index (χ0) is 16.7. The number of carbonyl (C=O) groups excluding carboxylic acids is 1. The van der Waals surface area contributed by atoms with E-state index in [0.29, 0.717) is 0 Å². The van der Waals surface area contributed by atoms with Gasteiger partial charge in [0.1, 0.15) is 12.4 Å². The van der Waals surface area contributed by atoms with Crippen molar-refractivity contribution in [2.24, 2.45) is 0 Å². The lowest BCUT2D eigenvalue weighted by molar-refractivity contribution is -0.0501. The van der Waals surface area contributed by atoms with Crippen LogP contribution in [0.2, 0.25) is 0 Å². The molecule has 0 aliphatic heterocycles. The maximum atomic E-state index is 13.3. The Morgan fingerprint density at radius 1 is 1.04 bits per heavy atom. The van der Waals surface area contributed by atoms with Gasteiger partial charge < -0.3 is 14.8 Å². The second kappa shape index (κ2) is 8.07. The van der Waals surface area contributed by atoms with Crippen LogP contribution >= 0.6 is 0 Å². The number of ether oxygens (including phenoxy) is 2. The van der Waals surface area contributed by atoms with E-state index in [0.717, 1.165) is 0 Å². The summed E-state index contributed by atoms with van der Waals surface area (Å²) in [4.78, 5) is 12.0. The minimum Gasteiger partial charge on any atom is -0.489 e. The van der Waals surface area contributed by atoms with Crippen LogP contribution < -0.4 is 14.8 Å². The van der Waals surface area contributed by atoms with Gasteiger partial charge in [-0.05, 0) is 24.3 Å². The minimum atomic E-state index is -3.02. The molecule has 0 saturated carbocycles. The molecule has 1 amide bonds. The first kappa shape index (κ1) is 16.7. The van der Waals surface area contributed by atoms with Crippen LogP contribution in [0.3, 0.4) is 0 Å². The maximum Gasteiger partial charge on any atom is 0.387 e. The van der Waals surface area contributed by atoms with Crippen molar-refractivity contribution in [3.63, 3.8) is 0 Å². The van der Waals surface area contributed by atoms with Crippen LogP contribution in [0, 0.1) is 5.82 Å². The molecule has 0 aliphatic carbocycles. The average Bonchev–Trinajstić information content (AvgIpc) is 2.53. The lowest BCUT2D eigenvalue weighted by atomic mass is 10.2. The van der Waals surface area contributed by atoms with Crippen LogP contribution in [-0.2, 0) is 0 Å². The van der Waals surface area contributed by atoms with E-state index in [1.807, 2.05) is 0 Å². The summed E-state index contributed by atoms with van der Waals surface area (Å²) in [6.07, 6.45) is 0. The first-order valence-electron chi connectivity index (χ1n) is 6.77. The van der Waals surface area contributed by atoms with Gasteiger partial charge in [-0.2, -0.15) is 8.78 Å². The van der Waals surface area contributed by atoms with Crippen molar-refractivity contribution >= 4 is 5.91 Å². The molecule has 0 radical (unpaired) electrons. The van der Waals surface area contributed by atoms with Gasteiger partial charge in [-0.15, -0.1) is 0 Å². The third-order valence-corrected chi connectivity index (χ3v) is 2.83. The predicted octanol–water partition coefficient (Wildman–Crippen LogP) is 3.24. The first-order valence-corrected chi connectivity index (χ1v) is 6.77. The SMILES string of the molecule is O=C(NCCOc1ccccc1F)c1ccccc1OC(F)F. The number of carbonyl (C=O) groups is 1. The van der Waals surface area contributed by atoms with Crippen LogP contribution in [0.5, 0.6) is 11.5 Å². The Morgan fingerprint density at radius 3 is 2.39 bits per heavy atom. The molecule has 0 bridgehead atoms. The summed E-state index contributed by atoms with van der Waals surface area (Å²) >= 11 is 0. The first-order chi connectivity index (χ1) is 11.1. The molecule has 1 N–H and O–H groups in total. The Kier molecular flexibility index (Phi) is 5.85. The topological polar surface area (TPSA) is 47.6 Å². The number of alkyl halides is 2. The van der Waals surface area contributed by atoms with Crippen molar-refractivity contribution in [1.29, 1.82) is 0 Å². The molecule has 4 nitrogen and oxygen atoms in total. The van der Waals surface area contributed by atoms with Crippen molar-refractivity contribution < 1.29 is 27.4 Å². The molecule has 7 heteroatoms. The van der Waals surface area contributed by atoms with E-state index >= 15 is 0 Å². The van der Waals surface area contributed by atoms with Gasteiger partial charge in [-0.1, -0.05) is 24.3 Å². The monoisotopic (exact) mass is 325 g/mol. The molecule has 0 unspecified atom stereocenters. The van der Waals surface area contributed by atoms with E-state index in [1.165, 1.54) is 42.5 Å². The van der Waals surface area contributed by atoms with Gasteiger partial charge in [0, 0.05) is 0 Å².